The number of amides is 2. The maximum absolute atomic E-state index is 11.9. The Morgan fingerprint density at radius 2 is 1.96 bits per heavy atom. The van der Waals surface area contributed by atoms with Crippen molar-refractivity contribution in [2.75, 3.05) is 6.61 Å². The monoisotopic (exact) mass is 405 g/mol. The van der Waals surface area contributed by atoms with Crippen LogP contribution in [-0.2, 0) is 4.79 Å². The minimum absolute atomic E-state index is 0.194. The molecule has 132 valence electrons. The Hall–Kier alpha value is -2.41. The third-order valence-corrected chi connectivity index (χ3v) is 3.87. The van der Waals surface area contributed by atoms with Crippen molar-refractivity contribution in [1.82, 2.24) is 15.8 Å². The standard InChI is InChI=1S/C18H20BrN3O3/c1-11(2)15-5-4-12(3)6-16(15)25-10-17(23)21-22-18(24)13-7-14(19)9-20-8-13/h4-9,11H,10H2,1-3H3,(H,21,23)(H,22,24). The molecule has 2 amide bonds. The highest BCUT2D eigenvalue weighted by atomic mass is 79.9. The van der Waals surface area contributed by atoms with Gasteiger partial charge in [-0.3, -0.25) is 25.4 Å². The van der Waals surface area contributed by atoms with E-state index in [-0.39, 0.29) is 12.5 Å². The summed E-state index contributed by atoms with van der Waals surface area (Å²) in [6.07, 6.45) is 2.97. The Morgan fingerprint density at radius 1 is 1.20 bits per heavy atom. The normalized spacial score (nSPS) is 10.4. The lowest BCUT2D eigenvalue weighted by atomic mass is 10.0. The molecule has 1 heterocycles. The van der Waals surface area contributed by atoms with Gasteiger partial charge in [-0.15, -0.1) is 0 Å². The number of hydrogen-bond acceptors (Lipinski definition) is 4. The summed E-state index contributed by atoms with van der Waals surface area (Å²) in [7, 11) is 0. The highest BCUT2D eigenvalue weighted by molar-refractivity contribution is 9.10. The molecule has 0 fully saturated rings. The second-order valence-electron chi connectivity index (χ2n) is 5.88. The van der Waals surface area contributed by atoms with Crippen molar-refractivity contribution < 1.29 is 14.3 Å². The molecule has 0 unspecified atom stereocenters. The first kappa shape index (κ1) is 18.9. The highest BCUT2D eigenvalue weighted by Gasteiger charge is 2.12. The van der Waals surface area contributed by atoms with Crippen LogP contribution < -0.4 is 15.6 Å². The lowest BCUT2D eigenvalue weighted by Crippen LogP contribution is -2.43. The van der Waals surface area contributed by atoms with E-state index >= 15 is 0 Å². The number of ether oxygens (including phenoxy) is 1. The Bertz CT molecular complexity index is 778. The Morgan fingerprint density at radius 3 is 2.64 bits per heavy atom. The van der Waals surface area contributed by atoms with Crippen LogP contribution in [0.25, 0.3) is 0 Å². The molecule has 25 heavy (non-hydrogen) atoms. The van der Waals surface area contributed by atoms with E-state index in [2.05, 4.69) is 45.6 Å². The van der Waals surface area contributed by atoms with E-state index in [1.54, 1.807) is 12.3 Å². The largest absolute Gasteiger partial charge is 0.483 e. The van der Waals surface area contributed by atoms with E-state index in [1.165, 1.54) is 6.20 Å². The number of benzene rings is 1. The predicted octanol–water partition coefficient (Wildman–Crippen LogP) is 3.12. The molecular formula is C18H20BrN3O3. The predicted molar refractivity (Wildman–Crippen MR) is 98.3 cm³/mol. The highest BCUT2D eigenvalue weighted by Crippen LogP contribution is 2.27. The molecule has 0 saturated carbocycles. The van der Waals surface area contributed by atoms with E-state index < -0.39 is 11.8 Å². The van der Waals surface area contributed by atoms with Crippen molar-refractivity contribution in [2.45, 2.75) is 26.7 Å². The smallest absolute Gasteiger partial charge is 0.276 e. The number of rotatable bonds is 5. The molecule has 0 saturated heterocycles. The molecule has 2 aromatic rings. The van der Waals surface area contributed by atoms with E-state index in [4.69, 9.17) is 4.74 Å². The fourth-order valence-corrected chi connectivity index (χ4v) is 2.52. The van der Waals surface area contributed by atoms with Crippen LogP contribution in [0.3, 0.4) is 0 Å². The van der Waals surface area contributed by atoms with Crippen LogP contribution in [0, 0.1) is 6.92 Å². The van der Waals surface area contributed by atoms with Gasteiger partial charge < -0.3 is 4.74 Å². The molecule has 7 heteroatoms. The molecule has 0 aliphatic rings. The van der Waals surface area contributed by atoms with Crippen LogP contribution in [0.5, 0.6) is 5.75 Å². The Balaban J connectivity index is 1.89. The van der Waals surface area contributed by atoms with Crippen LogP contribution in [0.2, 0.25) is 0 Å². The molecule has 1 aromatic heterocycles. The quantitative estimate of drug-likeness (QED) is 0.748. The average Bonchev–Trinajstić information content (AvgIpc) is 2.57. The third-order valence-electron chi connectivity index (χ3n) is 3.43. The fourth-order valence-electron chi connectivity index (χ4n) is 2.16. The first-order valence-corrected chi connectivity index (χ1v) is 8.59. The second-order valence-corrected chi connectivity index (χ2v) is 6.79. The molecule has 0 aliphatic carbocycles. The molecule has 0 radical (unpaired) electrons. The number of carbonyl (C=O) groups excluding carboxylic acids is 2. The van der Waals surface area contributed by atoms with Crippen LogP contribution in [0.4, 0.5) is 0 Å². The van der Waals surface area contributed by atoms with E-state index in [0.717, 1.165) is 11.1 Å². The van der Waals surface area contributed by atoms with Crippen LogP contribution in [0.15, 0.2) is 41.1 Å². The van der Waals surface area contributed by atoms with Crippen molar-refractivity contribution in [1.29, 1.82) is 0 Å². The van der Waals surface area contributed by atoms with Gasteiger partial charge in [0, 0.05) is 16.9 Å². The summed E-state index contributed by atoms with van der Waals surface area (Å²) in [5, 5.41) is 0. The van der Waals surface area contributed by atoms with Gasteiger partial charge in [-0.1, -0.05) is 26.0 Å². The van der Waals surface area contributed by atoms with Crippen LogP contribution in [0.1, 0.15) is 41.3 Å². The Labute approximate surface area is 155 Å². The van der Waals surface area contributed by atoms with Crippen molar-refractivity contribution in [3.05, 3.63) is 57.8 Å². The number of hydrazine groups is 1. The lowest BCUT2D eigenvalue weighted by Gasteiger charge is -2.15. The van der Waals surface area contributed by atoms with Crippen LogP contribution >= 0.6 is 15.9 Å². The lowest BCUT2D eigenvalue weighted by molar-refractivity contribution is -0.123. The zero-order valence-electron chi connectivity index (χ0n) is 14.3. The summed E-state index contributed by atoms with van der Waals surface area (Å²) in [6.45, 7) is 5.89. The van der Waals surface area contributed by atoms with Gasteiger partial charge in [0.1, 0.15) is 5.75 Å². The van der Waals surface area contributed by atoms with E-state index in [1.807, 2.05) is 25.1 Å². The summed E-state index contributed by atoms with van der Waals surface area (Å²) in [4.78, 5) is 27.7. The number of aromatic nitrogens is 1. The minimum Gasteiger partial charge on any atom is -0.483 e. The zero-order chi connectivity index (χ0) is 18.4. The minimum atomic E-state index is -0.458. The molecule has 1 aromatic carbocycles. The molecule has 2 N–H and O–H groups in total. The first-order valence-electron chi connectivity index (χ1n) is 7.80. The van der Waals surface area contributed by atoms with E-state index in [0.29, 0.717) is 15.8 Å². The molecule has 0 spiro atoms. The summed E-state index contributed by atoms with van der Waals surface area (Å²) in [6, 6.07) is 7.50. The number of nitrogens with one attached hydrogen (secondary N) is 2. The summed E-state index contributed by atoms with van der Waals surface area (Å²) >= 11 is 3.24. The maximum Gasteiger partial charge on any atom is 0.276 e. The Kier molecular flexibility index (Phi) is 6.52. The number of carbonyl (C=O) groups is 2. The molecule has 0 bridgehead atoms. The molecule has 2 rings (SSSR count). The van der Waals surface area contributed by atoms with Gasteiger partial charge in [0.05, 0.1) is 5.56 Å². The van der Waals surface area contributed by atoms with Crippen molar-refractivity contribution in [3.63, 3.8) is 0 Å². The number of pyridine rings is 1. The summed E-state index contributed by atoms with van der Waals surface area (Å²) in [5.74, 6) is 0.0446. The number of halogens is 1. The molecule has 6 nitrogen and oxygen atoms in total. The maximum atomic E-state index is 11.9. The number of nitrogens with zero attached hydrogens (tertiary/aromatic N) is 1. The van der Waals surface area contributed by atoms with Gasteiger partial charge in [-0.25, -0.2) is 0 Å². The van der Waals surface area contributed by atoms with Crippen LogP contribution in [-0.4, -0.2) is 23.4 Å². The summed E-state index contributed by atoms with van der Waals surface area (Å²) < 4.78 is 6.29. The SMILES string of the molecule is Cc1ccc(C(C)C)c(OCC(=O)NNC(=O)c2cncc(Br)c2)c1. The first-order chi connectivity index (χ1) is 11.9. The van der Waals surface area contributed by atoms with Gasteiger partial charge in [0.15, 0.2) is 6.61 Å². The number of aryl methyl sites for hydroxylation is 1. The van der Waals surface area contributed by atoms with Gasteiger partial charge in [0.25, 0.3) is 11.8 Å². The number of hydrogen-bond donors (Lipinski definition) is 2. The summed E-state index contributed by atoms with van der Waals surface area (Å²) in [5.41, 5.74) is 7.07. The second kappa shape index (κ2) is 8.62. The zero-order valence-corrected chi connectivity index (χ0v) is 15.9. The fraction of sp³-hybridized carbons (Fsp3) is 0.278. The van der Waals surface area contributed by atoms with Crippen molar-refractivity contribution in [2.24, 2.45) is 0 Å². The van der Waals surface area contributed by atoms with Gasteiger partial charge >= 0.3 is 0 Å². The topological polar surface area (TPSA) is 80.3 Å². The third kappa shape index (κ3) is 5.56. The van der Waals surface area contributed by atoms with Gasteiger partial charge in [-0.2, -0.15) is 0 Å². The van der Waals surface area contributed by atoms with E-state index in [9.17, 15) is 9.59 Å². The molecule has 0 atom stereocenters. The van der Waals surface area contributed by atoms with Crippen molar-refractivity contribution in [3.8, 4) is 5.75 Å². The van der Waals surface area contributed by atoms with Crippen molar-refractivity contribution >= 4 is 27.7 Å². The molecular weight excluding hydrogens is 386 g/mol. The van der Waals surface area contributed by atoms with Gasteiger partial charge in [-0.05, 0) is 52.0 Å². The average molecular weight is 406 g/mol. The van der Waals surface area contributed by atoms with Gasteiger partial charge in [0.2, 0.25) is 0 Å². The molecule has 0 aliphatic heterocycles.